The number of halogens is 1. The summed E-state index contributed by atoms with van der Waals surface area (Å²) in [5.41, 5.74) is 2.77. The van der Waals surface area contributed by atoms with Crippen molar-refractivity contribution in [2.24, 2.45) is 0 Å². The van der Waals surface area contributed by atoms with Gasteiger partial charge in [-0.2, -0.15) is 0 Å². The van der Waals surface area contributed by atoms with E-state index in [-0.39, 0.29) is 5.91 Å². The fourth-order valence-corrected chi connectivity index (χ4v) is 2.09. The number of carbonyl (C=O) groups excluding carboxylic acids is 1. The highest BCUT2D eigenvalue weighted by atomic mass is 35.5. The van der Waals surface area contributed by atoms with Crippen LogP contribution in [-0.4, -0.2) is 10.9 Å². The van der Waals surface area contributed by atoms with Gasteiger partial charge in [-0.3, -0.25) is 9.78 Å². The monoisotopic (exact) mass is 274 g/mol. The first-order valence-corrected chi connectivity index (χ1v) is 6.39. The second-order valence-corrected chi connectivity index (χ2v) is 4.83. The van der Waals surface area contributed by atoms with Crippen LogP contribution >= 0.6 is 11.6 Å². The Hall–Kier alpha value is -1.87. The lowest BCUT2D eigenvalue weighted by atomic mass is 10.2. The molecular weight excluding hydrogens is 260 g/mol. The number of benzene rings is 1. The van der Waals surface area contributed by atoms with E-state index in [4.69, 9.17) is 11.6 Å². The van der Waals surface area contributed by atoms with Crippen LogP contribution in [0.2, 0.25) is 5.02 Å². The number of anilines is 1. The van der Waals surface area contributed by atoms with Gasteiger partial charge in [0.25, 0.3) is 0 Å². The molecule has 0 bridgehead atoms. The first-order chi connectivity index (χ1) is 9.08. The zero-order valence-electron chi connectivity index (χ0n) is 10.9. The van der Waals surface area contributed by atoms with E-state index in [0.29, 0.717) is 11.6 Å². The van der Waals surface area contributed by atoms with Gasteiger partial charge < -0.3 is 4.90 Å². The van der Waals surface area contributed by atoms with Crippen molar-refractivity contribution in [1.82, 2.24) is 4.98 Å². The van der Waals surface area contributed by atoms with Gasteiger partial charge in [0, 0.05) is 19.3 Å². The molecule has 0 radical (unpaired) electrons. The Labute approximate surface area is 117 Å². The van der Waals surface area contributed by atoms with E-state index in [2.05, 4.69) is 4.98 Å². The molecule has 98 valence electrons. The van der Waals surface area contributed by atoms with Crippen molar-refractivity contribution in [3.05, 3.63) is 58.9 Å². The molecule has 2 aromatic rings. The minimum atomic E-state index is -0.0450. The van der Waals surface area contributed by atoms with E-state index in [1.54, 1.807) is 17.3 Å². The largest absolute Gasteiger partial charge is 0.307 e. The molecule has 0 aliphatic carbocycles. The second-order valence-electron chi connectivity index (χ2n) is 4.42. The molecule has 19 heavy (non-hydrogen) atoms. The van der Waals surface area contributed by atoms with Crippen LogP contribution < -0.4 is 4.90 Å². The van der Waals surface area contributed by atoms with Crippen LogP contribution in [0.1, 0.15) is 18.1 Å². The van der Waals surface area contributed by atoms with E-state index in [9.17, 15) is 4.79 Å². The van der Waals surface area contributed by atoms with Gasteiger partial charge in [0.05, 0.1) is 17.3 Å². The smallest absolute Gasteiger partial charge is 0.224 e. The Morgan fingerprint density at radius 1 is 1.37 bits per heavy atom. The zero-order chi connectivity index (χ0) is 13.8. The van der Waals surface area contributed by atoms with Crippen molar-refractivity contribution in [2.75, 3.05) is 4.90 Å². The number of amides is 1. The molecule has 1 aromatic carbocycles. The summed E-state index contributed by atoms with van der Waals surface area (Å²) in [6.07, 6.45) is 3.46. The maximum absolute atomic E-state index is 11.9. The number of hydrogen-bond donors (Lipinski definition) is 0. The third-order valence-corrected chi connectivity index (χ3v) is 3.16. The number of rotatable bonds is 3. The molecule has 1 amide bonds. The standard InChI is InChI=1S/C15H15ClN2O/c1-11-5-6-14(16)15(8-11)18(12(2)19)10-13-4-3-7-17-9-13/h3-9H,10H2,1-2H3. The topological polar surface area (TPSA) is 33.2 Å². The van der Waals surface area contributed by atoms with E-state index in [1.807, 2.05) is 37.3 Å². The van der Waals surface area contributed by atoms with Crippen LogP contribution in [0.4, 0.5) is 5.69 Å². The zero-order valence-corrected chi connectivity index (χ0v) is 11.7. The summed E-state index contributed by atoms with van der Waals surface area (Å²) in [5.74, 6) is -0.0450. The van der Waals surface area contributed by atoms with Crippen molar-refractivity contribution < 1.29 is 4.79 Å². The molecule has 0 N–H and O–H groups in total. The molecule has 3 nitrogen and oxygen atoms in total. The molecule has 1 heterocycles. The predicted octanol–water partition coefficient (Wildman–Crippen LogP) is 3.60. The van der Waals surface area contributed by atoms with Crippen LogP contribution in [0.5, 0.6) is 0 Å². The molecule has 0 aliphatic heterocycles. The highest BCUT2D eigenvalue weighted by molar-refractivity contribution is 6.33. The summed E-state index contributed by atoms with van der Waals surface area (Å²) in [6, 6.07) is 9.44. The van der Waals surface area contributed by atoms with E-state index in [0.717, 1.165) is 16.8 Å². The van der Waals surface area contributed by atoms with Gasteiger partial charge >= 0.3 is 0 Å². The van der Waals surface area contributed by atoms with Gasteiger partial charge in [-0.15, -0.1) is 0 Å². The quantitative estimate of drug-likeness (QED) is 0.857. The minimum absolute atomic E-state index is 0.0450. The Balaban J connectivity index is 2.35. The summed E-state index contributed by atoms with van der Waals surface area (Å²) < 4.78 is 0. The molecule has 4 heteroatoms. The number of hydrogen-bond acceptors (Lipinski definition) is 2. The maximum Gasteiger partial charge on any atom is 0.224 e. The second kappa shape index (κ2) is 5.85. The Morgan fingerprint density at radius 3 is 2.79 bits per heavy atom. The Morgan fingerprint density at radius 2 is 2.16 bits per heavy atom. The molecule has 0 unspecified atom stereocenters. The minimum Gasteiger partial charge on any atom is -0.307 e. The van der Waals surface area contributed by atoms with Crippen LogP contribution in [-0.2, 0) is 11.3 Å². The third kappa shape index (κ3) is 3.32. The third-order valence-electron chi connectivity index (χ3n) is 2.84. The average Bonchev–Trinajstić information content (AvgIpc) is 2.40. The van der Waals surface area contributed by atoms with Crippen LogP contribution in [0.15, 0.2) is 42.7 Å². The summed E-state index contributed by atoms with van der Waals surface area (Å²) >= 11 is 6.19. The normalized spacial score (nSPS) is 10.3. The lowest BCUT2D eigenvalue weighted by Gasteiger charge is -2.22. The number of nitrogens with zero attached hydrogens (tertiary/aromatic N) is 2. The van der Waals surface area contributed by atoms with Crippen LogP contribution in [0.25, 0.3) is 0 Å². The van der Waals surface area contributed by atoms with Crippen molar-refractivity contribution >= 4 is 23.2 Å². The van der Waals surface area contributed by atoms with Crippen LogP contribution in [0, 0.1) is 6.92 Å². The fraction of sp³-hybridized carbons (Fsp3) is 0.200. The molecule has 0 saturated heterocycles. The number of aromatic nitrogens is 1. The van der Waals surface area contributed by atoms with Gasteiger partial charge in [0.2, 0.25) is 5.91 Å². The first-order valence-electron chi connectivity index (χ1n) is 6.01. The van der Waals surface area contributed by atoms with Gasteiger partial charge in [-0.1, -0.05) is 23.7 Å². The summed E-state index contributed by atoms with van der Waals surface area (Å²) in [5, 5.41) is 0.574. The Bertz CT molecular complexity index is 584. The summed E-state index contributed by atoms with van der Waals surface area (Å²) in [7, 11) is 0. The molecule has 0 fully saturated rings. The summed E-state index contributed by atoms with van der Waals surface area (Å²) in [6.45, 7) is 3.98. The number of aryl methyl sites for hydroxylation is 1. The highest BCUT2D eigenvalue weighted by Crippen LogP contribution is 2.28. The first kappa shape index (κ1) is 13.6. The van der Waals surface area contributed by atoms with Crippen molar-refractivity contribution in [1.29, 1.82) is 0 Å². The maximum atomic E-state index is 11.9. The predicted molar refractivity (Wildman–Crippen MR) is 77.3 cm³/mol. The van der Waals surface area contributed by atoms with E-state index >= 15 is 0 Å². The lowest BCUT2D eigenvalue weighted by molar-refractivity contribution is -0.116. The average molecular weight is 275 g/mol. The van der Waals surface area contributed by atoms with Gasteiger partial charge in [0.15, 0.2) is 0 Å². The van der Waals surface area contributed by atoms with Gasteiger partial charge in [-0.25, -0.2) is 0 Å². The van der Waals surface area contributed by atoms with Crippen molar-refractivity contribution in [2.45, 2.75) is 20.4 Å². The van der Waals surface area contributed by atoms with Crippen LogP contribution in [0.3, 0.4) is 0 Å². The van der Waals surface area contributed by atoms with Crippen molar-refractivity contribution in [3.8, 4) is 0 Å². The van der Waals surface area contributed by atoms with E-state index < -0.39 is 0 Å². The van der Waals surface area contributed by atoms with E-state index in [1.165, 1.54) is 6.92 Å². The van der Waals surface area contributed by atoms with Crippen molar-refractivity contribution in [3.63, 3.8) is 0 Å². The molecule has 0 atom stereocenters. The van der Waals surface area contributed by atoms with Gasteiger partial charge in [0.1, 0.15) is 0 Å². The number of pyridine rings is 1. The fourth-order valence-electron chi connectivity index (χ4n) is 1.87. The highest BCUT2D eigenvalue weighted by Gasteiger charge is 2.15. The molecule has 0 saturated carbocycles. The SMILES string of the molecule is CC(=O)N(Cc1cccnc1)c1cc(C)ccc1Cl. The molecule has 2 rings (SSSR count). The Kier molecular flexibility index (Phi) is 4.17. The molecular formula is C15H15ClN2O. The molecule has 0 aliphatic rings. The van der Waals surface area contributed by atoms with Gasteiger partial charge in [-0.05, 0) is 36.2 Å². The molecule has 0 spiro atoms. The number of carbonyl (C=O) groups is 1. The summed E-state index contributed by atoms with van der Waals surface area (Å²) in [4.78, 5) is 17.6. The molecule has 1 aromatic heterocycles. The lowest BCUT2D eigenvalue weighted by Crippen LogP contribution is -2.28.